The summed E-state index contributed by atoms with van der Waals surface area (Å²) < 4.78 is 18.9. The molecule has 0 bridgehead atoms. The van der Waals surface area contributed by atoms with E-state index in [9.17, 15) is 14.0 Å². The van der Waals surface area contributed by atoms with Gasteiger partial charge in [0.1, 0.15) is 5.82 Å². The number of para-hydroxylation sites is 1. The number of carbonyl (C=O) groups excluding carboxylic acids is 2. The van der Waals surface area contributed by atoms with Crippen molar-refractivity contribution in [2.75, 3.05) is 5.32 Å². The molecule has 0 radical (unpaired) electrons. The number of hydrogen-bond donors (Lipinski definition) is 2. The number of nitrogens with one attached hydrogen (secondary N) is 2. The summed E-state index contributed by atoms with van der Waals surface area (Å²) >= 11 is 0. The van der Waals surface area contributed by atoms with Crippen LogP contribution >= 0.6 is 0 Å². The van der Waals surface area contributed by atoms with Crippen LogP contribution in [0.5, 0.6) is 0 Å². The number of rotatable bonds is 5. The Kier molecular flexibility index (Phi) is 4.42. The lowest BCUT2D eigenvalue weighted by Gasteiger charge is -2.10. The number of hydrogen-bond acceptors (Lipinski definition) is 4. The third-order valence-corrected chi connectivity index (χ3v) is 4.21. The minimum absolute atomic E-state index is 0.00865. The zero-order valence-electron chi connectivity index (χ0n) is 14.2. The van der Waals surface area contributed by atoms with E-state index < -0.39 is 11.7 Å². The van der Waals surface area contributed by atoms with Gasteiger partial charge in [-0.1, -0.05) is 29.4 Å². The molecule has 1 fully saturated rings. The van der Waals surface area contributed by atoms with Gasteiger partial charge in [-0.05, 0) is 37.1 Å². The predicted molar refractivity (Wildman–Crippen MR) is 96.8 cm³/mol. The van der Waals surface area contributed by atoms with Gasteiger partial charge in [-0.3, -0.25) is 9.59 Å². The Bertz CT molecular complexity index is 1010. The van der Waals surface area contributed by atoms with Crippen molar-refractivity contribution in [1.82, 2.24) is 10.5 Å². The van der Waals surface area contributed by atoms with Crippen LogP contribution in [0.2, 0.25) is 0 Å². The average Bonchev–Trinajstić information content (AvgIpc) is 3.34. The summed E-state index contributed by atoms with van der Waals surface area (Å²) in [5, 5.41) is 9.26. The highest BCUT2D eigenvalue weighted by molar-refractivity contribution is 6.08. The maximum Gasteiger partial charge on any atom is 0.277 e. The van der Waals surface area contributed by atoms with E-state index in [-0.39, 0.29) is 29.0 Å². The van der Waals surface area contributed by atoms with Crippen molar-refractivity contribution in [2.24, 2.45) is 0 Å². The van der Waals surface area contributed by atoms with Gasteiger partial charge in [0.05, 0.1) is 16.8 Å². The van der Waals surface area contributed by atoms with Gasteiger partial charge in [0, 0.05) is 12.1 Å². The minimum Gasteiger partial charge on any atom is -0.355 e. The van der Waals surface area contributed by atoms with Gasteiger partial charge >= 0.3 is 0 Å². The molecule has 2 aromatic carbocycles. The van der Waals surface area contributed by atoms with Gasteiger partial charge in [-0.15, -0.1) is 0 Å². The molecule has 1 aliphatic carbocycles. The molecule has 2 amide bonds. The first kappa shape index (κ1) is 17.0. The fourth-order valence-electron chi connectivity index (χ4n) is 2.64. The Hall–Kier alpha value is -3.48. The highest BCUT2D eigenvalue weighted by Crippen LogP contribution is 2.25. The number of amides is 2. The number of anilines is 1. The number of carbonyl (C=O) groups is 2. The van der Waals surface area contributed by atoms with Gasteiger partial charge in [0.25, 0.3) is 11.8 Å². The first-order valence-electron chi connectivity index (χ1n) is 8.54. The second-order valence-electron chi connectivity index (χ2n) is 6.30. The third kappa shape index (κ3) is 3.72. The topological polar surface area (TPSA) is 84.2 Å². The van der Waals surface area contributed by atoms with E-state index in [1.807, 2.05) is 0 Å². The van der Waals surface area contributed by atoms with Crippen molar-refractivity contribution in [2.45, 2.75) is 18.9 Å². The lowest BCUT2D eigenvalue weighted by Crippen LogP contribution is -2.27. The molecule has 2 N–H and O–H groups in total. The van der Waals surface area contributed by atoms with E-state index in [0.717, 1.165) is 12.8 Å². The highest BCUT2D eigenvalue weighted by Gasteiger charge is 2.25. The third-order valence-electron chi connectivity index (χ3n) is 4.21. The fourth-order valence-corrected chi connectivity index (χ4v) is 2.64. The van der Waals surface area contributed by atoms with Crippen LogP contribution in [0.25, 0.3) is 11.3 Å². The second kappa shape index (κ2) is 7.03. The Labute approximate surface area is 154 Å². The molecule has 3 aromatic rings. The Morgan fingerprint density at radius 3 is 2.56 bits per heavy atom. The van der Waals surface area contributed by atoms with Crippen LogP contribution in [0.15, 0.2) is 59.1 Å². The zero-order valence-corrected chi connectivity index (χ0v) is 14.2. The standard InChI is InChI=1S/C20H16FN3O3/c21-15-7-3-1-5-13(15)18-11-17(24-27-18)20(26)23-16-8-4-2-6-14(16)19(25)22-12-9-10-12/h1-8,11-12H,9-10H2,(H,22,25)(H,23,26). The Morgan fingerprint density at radius 2 is 1.78 bits per heavy atom. The van der Waals surface area contributed by atoms with E-state index in [4.69, 9.17) is 4.52 Å². The fraction of sp³-hybridized carbons (Fsp3) is 0.150. The maximum absolute atomic E-state index is 13.9. The summed E-state index contributed by atoms with van der Waals surface area (Å²) in [6.45, 7) is 0. The minimum atomic E-state index is -0.548. The first-order chi connectivity index (χ1) is 13.1. The van der Waals surface area contributed by atoms with Crippen LogP contribution < -0.4 is 10.6 Å². The molecule has 0 atom stereocenters. The van der Waals surface area contributed by atoms with E-state index in [1.54, 1.807) is 36.4 Å². The van der Waals surface area contributed by atoms with Crippen LogP contribution in [0.4, 0.5) is 10.1 Å². The lowest BCUT2D eigenvalue weighted by molar-refractivity contribution is 0.0952. The molecule has 0 unspecified atom stereocenters. The van der Waals surface area contributed by atoms with Crippen LogP contribution in [0.3, 0.4) is 0 Å². The van der Waals surface area contributed by atoms with E-state index in [1.165, 1.54) is 18.2 Å². The summed E-state index contributed by atoms with van der Waals surface area (Å²) in [7, 11) is 0. The zero-order chi connectivity index (χ0) is 18.8. The van der Waals surface area contributed by atoms with Crippen molar-refractivity contribution >= 4 is 17.5 Å². The molecule has 27 heavy (non-hydrogen) atoms. The molecular formula is C20H16FN3O3. The summed E-state index contributed by atoms with van der Waals surface area (Å²) in [4.78, 5) is 24.8. The van der Waals surface area contributed by atoms with Gasteiger partial charge in [-0.2, -0.15) is 0 Å². The molecule has 1 saturated carbocycles. The Morgan fingerprint density at radius 1 is 1.04 bits per heavy atom. The van der Waals surface area contributed by atoms with Crippen LogP contribution in [0, 0.1) is 5.82 Å². The molecular weight excluding hydrogens is 349 g/mol. The van der Waals surface area contributed by atoms with Crippen LogP contribution in [-0.4, -0.2) is 23.0 Å². The van der Waals surface area contributed by atoms with Gasteiger partial charge in [0.15, 0.2) is 11.5 Å². The molecule has 1 aliphatic rings. The monoisotopic (exact) mass is 365 g/mol. The smallest absolute Gasteiger partial charge is 0.277 e. The number of aromatic nitrogens is 1. The van der Waals surface area contributed by atoms with Gasteiger partial charge in [0.2, 0.25) is 0 Å². The summed E-state index contributed by atoms with van der Waals surface area (Å²) in [6.07, 6.45) is 1.94. The molecule has 1 heterocycles. The average molecular weight is 365 g/mol. The molecule has 4 rings (SSSR count). The molecule has 0 spiro atoms. The van der Waals surface area contributed by atoms with Crippen LogP contribution in [0.1, 0.15) is 33.7 Å². The van der Waals surface area contributed by atoms with E-state index in [2.05, 4.69) is 15.8 Å². The summed E-state index contributed by atoms with van der Waals surface area (Å²) in [5.41, 5.74) is 0.950. The SMILES string of the molecule is O=C(Nc1ccccc1C(=O)NC1CC1)c1cc(-c2ccccc2F)on1. The summed E-state index contributed by atoms with van der Waals surface area (Å²) in [6, 6.07) is 14.4. The van der Waals surface area contributed by atoms with Crippen molar-refractivity contribution in [3.05, 3.63) is 71.7 Å². The quantitative estimate of drug-likeness (QED) is 0.723. The first-order valence-corrected chi connectivity index (χ1v) is 8.54. The van der Waals surface area contributed by atoms with Crippen molar-refractivity contribution < 1.29 is 18.5 Å². The molecule has 0 saturated heterocycles. The largest absolute Gasteiger partial charge is 0.355 e. The van der Waals surface area contributed by atoms with E-state index >= 15 is 0 Å². The molecule has 0 aliphatic heterocycles. The number of nitrogens with zero attached hydrogens (tertiary/aromatic N) is 1. The Balaban J connectivity index is 1.53. The van der Waals surface area contributed by atoms with Crippen LogP contribution in [-0.2, 0) is 0 Å². The van der Waals surface area contributed by atoms with Crippen molar-refractivity contribution in [1.29, 1.82) is 0 Å². The highest BCUT2D eigenvalue weighted by atomic mass is 19.1. The van der Waals surface area contributed by atoms with Gasteiger partial charge < -0.3 is 15.2 Å². The second-order valence-corrected chi connectivity index (χ2v) is 6.30. The van der Waals surface area contributed by atoms with E-state index in [0.29, 0.717) is 11.3 Å². The number of halogens is 1. The summed E-state index contributed by atoms with van der Waals surface area (Å²) in [5.74, 6) is -1.10. The van der Waals surface area contributed by atoms with Crippen molar-refractivity contribution in [3.63, 3.8) is 0 Å². The maximum atomic E-state index is 13.9. The van der Waals surface area contributed by atoms with Gasteiger partial charge in [-0.25, -0.2) is 4.39 Å². The molecule has 136 valence electrons. The molecule has 6 nitrogen and oxygen atoms in total. The predicted octanol–water partition coefficient (Wildman–Crippen LogP) is 3.63. The molecule has 7 heteroatoms. The van der Waals surface area contributed by atoms with Crippen molar-refractivity contribution in [3.8, 4) is 11.3 Å². The lowest BCUT2D eigenvalue weighted by atomic mass is 10.1. The molecule has 1 aromatic heterocycles. The normalized spacial score (nSPS) is 13.2. The number of benzene rings is 2.